The second-order valence-corrected chi connectivity index (χ2v) is 6.75. The highest BCUT2D eigenvalue weighted by Crippen LogP contribution is 2.24. The zero-order valence-electron chi connectivity index (χ0n) is 10.5. The van der Waals surface area contributed by atoms with Crippen molar-refractivity contribution in [2.75, 3.05) is 31.8 Å². The second kappa shape index (κ2) is 5.81. The molecule has 2 rings (SSSR count). The van der Waals surface area contributed by atoms with Crippen LogP contribution in [0.5, 0.6) is 0 Å². The zero-order valence-corrected chi connectivity index (χ0v) is 11.3. The van der Waals surface area contributed by atoms with Crippen molar-refractivity contribution in [1.29, 1.82) is 0 Å². The van der Waals surface area contributed by atoms with Crippen molar-refractivity contribution in [1.82, 2.24) is 14.9 Å². The number of aromatic nitrogens is 2. The van der Waals surface area contributed by atoms with Crippen LogP contribution in [0.3, 0.4) is 0 Å². The predicted octanol–water partition coefficient (Wildman–Crippen LogP) is -0.0213. The van der Waals surface area contributed by atoms with Crippen LogP contribution in [0, 0.1) is 0 Å². The van der Waals surface area contributed by atoms with E-state index in [1.807, 2.05) is 4.57 Å². The number of rotatable bonds is 6. The molecule has 0 bridgehead atoms. The first-order valence-electron chi connectivity index (χ1n) is 6.03. The number of sulfone groups is 1. The maximum absolute atomic E-state index is 11.5. The monoisotopic (exact) mass is 273 g/mol. The molecule has 0 amide bonds. The normalized spacial score (nSPS) is 22.4. The van der Waals surface area contributed by atoms with Crippen molar-refractivity contribution in [3.63, 3.8) is 0 Å². The minimum absolute atomic E-state index is 0.0386. The van der Waals surface area contributed by atoms with Gasteiger partial charge in [-0.05, 0) is 6.42 Å². The standard InChI is InChI=1S/C11H19N3O3S/c1-17-4-3-12-6-11-7-13-9-14(11)10-2-5-18(15,16)8-10/h7,9-10,12H,2-6,8H2,1H3. The maximum atomic E-state index is 11.5. The SMILES string of the molecule is COCCNCc1cncn1C1CCS(=O)(=O)C1. The average Bonchev–Trinajstić information content (AvgIpc) is 2.90. The van der Waals surface area contributed by atoms with Gasteiger partial charge in [-0.15, -0.1) is 0 Å². The molecule has 0 radical (unpaired) electrons. The van der Waals surface area contributed by atoms with Gasteiger partial charge in [-0.1, -0.05) is 0 Å². The van der Waals surface area contributed by atoms with Gasteiger partial charge in [0.15, 0.2) is 9.84 Å². The summed E-state index contributed by atoms with van der Waals surface area (Å²) in [5.74, 6) is 0.515. The van der Waals surface area contributed by atoms with E-state index in [2.05, 4.69) is 10.3 Å². The Hall–Kier alpha value is -0.920. The quantitative estimate of drug-likeness (QED) is 0.737. The Morgan fingerprint density at radius 2 is 2.44 bits per heavy atom. The first-order valence-corrected chi connectivity index (χ1v) is 7.85. The molecule has 1 N–H and O–H groups in total. The fraction of sp³-hybridized carbons (Fsp3) is 0.727. The molecule has 1 aromatic rings. The van der Waals surface area contributed by atoms with E-state index in [0.29, 0.717) is 19.6 Å². The highest BCUT2D eigenvalue weighted by atomic mass is 32.2. The minimum Gasteiger partial charge on any atom is -0.383 e. The van der Waals surface area contributed by atoms with Gasteiger partial charge in [0.05, 0.1) is 30.1 Å². The summed E-state index contributed by atoms with van der Waals surface area (Å²) in [6.07, 6.45) is 4.19. The van der Waals surface area contributed by atoms with E-state index in [4.69, 9.17) is 4.74 Å². The summed E-state index contributed by atoms with van der Waals surface area (Å²) in [6, 6.07) is 0.0386. The third-order valence-corrected chi connectivity index (χ3v) is 4.89. The van der Waals surface area contributed by atoms with Crippen LogP contribution < -0.4 is 5.32 Å². The van der Waals surface area contributed by atoms with Crippen molar-refractivity contribution >= 4 is 9.84 Å². The highest BCUT2D eigenvalue weighted by Gasteiger charge is 2.29. The average molecular weight is 273 g/mol. The van der Waals surface area contributed by atoms with Crippen LogP contribution in [0.15, 0.2) is 12.5 Å². The molecule has 1 aromatic heterocycles. The molecule has 1 aliphatic heterocycles. The smallest absolute Gasteiger partial charge is 0.152 e. The maximum Gasteiger partial charge on any atom is 0.152 e. The van der Waals surface area contributed by atoms with Crippen LogP contribution in [-0.4, -0.2) is 49.7 Å². The Morgan fingerprint density at radius 1 is 1.61 bits per heavy atom. The number of ether oxygens (including phenoxy) is 1. The molecule has 6 nitrogen and oxygen atoms in total. The van der Waals surface area contributed by atoms with E-state index < -0.39 is 9.84 Å². The molecule has 1 aliphatic rings. The Bertz CT molecular complexity index is 483. The van der Waals surface area contributed by atoms with E-state index in [1.165, 1.54) is 0 Å². The van der Waals surface area contributed by atoms with Crippen LogP contribution in [-0.2, 0) is 21.1 Å². The molecule has 1 unspecified atom stereocenters. The predicted molar refractivity (Wildman–Crippen MR) is 68.1 cm³/mol. The van der Waals surface area contributed by atoms with Crippen LogP contribution in [0.25, 0.3) is 0 Å². The second-order valence-electron chi connectivity index (χ2n) is 4.52. The van der Waals surface area contributed by atoms with Gasteiger partial charge in [0, 0.05) is 32.4 Å². The number of nitrogens with zero attached hydrogens (tertiary/aromatic N) is 2. The molecular weight excluding hydrogens is 254 g/mol. The molecule has 7 heteroatoms. The summed E-state index contributed by atoms with van der Waals surface area (Å²) in [5.41, 5.74) is 1.02. The Labute approximate surface area is 107 Å². The van der Waals surface area contributed by atoms with Gasteiger partial charge in [-0.2, -0.15) is 0 Å². The van der Waals surface area contributed by atoms with Crippen LogP contribution in [0.2, 0.25) is 0 Å². The number of hydrogen-bond donors (Lipinski definition) is 1. The van der Waals surface area contributed by atoms with E-state index in [-0.39, 0.29) is 17.5 Å². The third kappa shape index (κ3) is 3.30. The van der Waals surface area contributed by atoms with Gasteiger partial charge >= 0.3 is 0 Å². The molecule has 2 heterocycles. The molecule has 1 atom stereocenters. The third-order valence-electron chi connectivity index (χ3n) is 3.14. The first-order chi connectivity index (χ1) is 8.62. The van der Waals surface area contributed by atoms with Crippen LogP contribution in [0.1, 0.15) is 18.2 Å². The van der Waals surface area contributed by atoms with Gasteiger partial charge in [-0.25, -0.2) is 13.4 Å². The van der Waals surface area contributed by atoms with Gasteiger partial charge in [-0.3, -0.25) is 0 Å². The number of methoxy groups -OCH3 is 1. The molecule has 0 spiro atoms. The lowest BCUT2D eigenvalue weighted by Crippen LogP contribution is -2.22. The van der Waals surface area contributed by atoms with Crippen molar-refractivity contribution < 1.29 is 13.2 Å². The van der Waals surface area contributed by atoms with E-state index >= 15 is 0 Å². The fourth-order valence-electron chi connectivity index (χ4n) is 2.18. The van der Waals surface area contributed by atoms with E-state index in [0.717, 1.165) is 12.2 Å². The number of hydrogen-bond acceptors (Lipinski definition) is 5. The highest BCUT2D eigenvalue weighted by molar-refractivity contribution is 7.91. The molecule has 0 aliphatic carbocycles. The van der Waals surface area contributed by atoms with Gasteiger partial charge in [0.1, 0.15) is 0 Å². The number of imidazole rings is 1. The van der Waals surface area contributed by atoms with Gasteiger partial charge in [0.25, 0.3) is 0 Å². The molecule has 0 aromatic carbocycles. The van der Waals surface area contributed by atoms with Crippen molar-refractivity contribution in [3.05, 3.63) is 18.2 Å². The first kappa shape index (κ1) is 13.5. The van der Waals surface area contributed by atoms with Gasteiger partial charge in [0.2, 0.25) is 0 Å². The van der Waals surface area contributed by atoms with Crippen molar-refractivity contribution in [2.24, 2.45) is 0 Å². The molecule has 1 fully saturated rings. The fourth-order valence-corrected chi connectivity index (χ4v) is 3.89. The molecular formula is C11H19N3O3S. The lowest BCUT2D eigenvalue weighted by molar-refractivity contribution is 0.199. The summed E-state index contributed by atoms with van der Waals surface area (Å²) in [6.45, 7) is 2.11. The largest absolute Gasteiger partial charge is 0.383 e. The minimum atomic E-state index is -2.86. The topological polar surface area (TPSA) is 73.2 Å². The zero-order chi connectivity index (χ0) is 13.0. The summed E-state index contributed by atoms with van der Waals surface area (Å²) in [5, 5.41) is 3.24. The number of nitrogens with one attached hydrogen (secondary N) is 1. The molecule has 0 saturated carbocycles. The summed E-state index contributed by atoms with van der Waals surface area (Å²) >= 11 is 0. The summed E-state index contributed by atoms with van der Waals surface area (Å²) in [7, 11) is -1.19. The lowest BCUT2D eigenvalue weighted by Gasteiger charge is -2.14. The molecule has 102 valence electrons. The van der Waals surface area contributed by atoms with Crippen LogP contribution >= 0.6 is 0 Å². The van der Waals surface area contributed by atoms with Crippen molar-refractivity contribution in [2.45, 2.75) is 19.0 Å². The summed E-state index contributed by atoms with van der Waals surface area (Å²) in [4.78, 5) is 4.11. The van der Waals surface area contributed by atoms with Crippen LogP contribution in [0.4, 0.5) is 0 Å². The molecule has 1 saturated heterocycles. The Morgan fingerprint density at radius 3 is 3.11 bits per heavy atom. The summed E-state index contributed by atoms with van der Waals surface area (Å²) < 4.78 is 29.9. The Kier molecular flexibility index (Phi) is 4.36. The molecule has 18 heavy (non-hydrogen) atoms. The van der Waals surface area contributed by atoms with Crippen molar-refractivity contribution in [3.8, 4) is 0 Å². The lowest BCUT2D eigenvalue weighted by atomic mass is 10.2. The Balaban J connectivity index is 1.95. The van der Waals surface area contributed by atoms with E-state index in [1.54, 1.807) is 19.6 Å². The van der Waals surface area contributed by atoms with E-state index in [9.17, 15) is 8.42 Å². The van der Waals surface area contributed by atoms with Gasteiger partial charge < -0.3 is 14.6 Å².